The lowest BCUT2D eigenvalue weighted by atomic mass is 10.0. The van der Waals surface area contributed by atoms with Crippen LogP contribution >= 0.6 is 11.8 Å². The highest BCUT2D eigenvalue weighted by Gasteiger charge is 2.36. The number of rotatable bonds is 9. The van der Waals surface area contributed by atoms with Crippen LogP contribution in [0.3, 0.4) is 0 Å². The summed E-state index contributed by atoms with van der Waals surface area (Å²) in [6.07, 6.45) is 0.689. The zero-order valence-corrected chi connectivity index (χ0v) is 18.3. The van der Waals surface area contributed by atoms with Gasteiger partial charge in [-0.3, -0.25) is 4.79 Å². The predicted molar refractivity (Wildman–Crippen MR) is 109 cm³/mol. The Hall–Kier alpha value is -1.64. The number of aliphatic carboxylic acids is 1. The van der Waals surface area contributed by atoms with E-state index in [1.165, 1.54) is 16.7 Å². The van der Waals surface area contributed by atoms with E-state index < -0.39 is 23.8 Å². The first-order valence-electron chi connectivity index (χ1n) is 9.69. The molecule has 2 amide bonds. The van der Waals surface area contributed by atoms with Crippen molar-refractivity contribution in [2.75, 3.05) is 24.6 Å². The molecular formula is C19H34N2O6S. The molecule has 0 aliphatic carbocycles. The Morgan fingerprint density at radius 3 is 2.39 bits per heavy atom. The number of carbonyl (C=O) groups excluding carboxylic acids is 1. The maximum Gasteiger partial charge on any atom is 0.410 e. The Bertz CT molecular complexity index is 549. The molecule has 9 heteroatoms. The van der Waals surface area contributed by atoms with Crippen molar-refractivity contribution in [3.63, 3.8) is 0 Å². The second-order valence-electron chi connectivity index (χ2n) is 8.60. The first-order chi connectivity index (χ1) is 12.9. The van der Waals surface area contributed by atoms with Gasteiger partial charge >= 0.3 is 18.2 Å². The normalized spacial score (nSPS) is 18.2. The minimum absolute atomic E-state index is 0.0402. The van der Waals surface area contributed by atoms with E-state index in [4.69, 9.17) is 9.84 Å². The number of ether oxygens (including phenoxy) is 1. The summed E-state index contributed by atoms with van der Waals surface area (Å²) in [5.41, 5.74) is -0.673. The van der Waals surface area contributed by atoms with Crippen LogP contribution in [0.2, 0.25) is 0 Å². The van der Waals surface area contributed by atoms with Gasteiger partial charge < -0.3 is 24.7 Å². The zero-order valence-electron chi connectivity index (χ0n) is 17.5. The summed E-state index contributed by atoms with van der Waals surface area (Å²) in [7, 11) is 0. The molecule has 0 saturated carbocycles. The van der Waals surface area contributed by atoms with E-state index in [2.05, 4.69) is 0 Å². The Balaban J connectivity index is 3.03. The lowest BCUT2D eigenvalue weighted by Gasteiger charge is -2.37. The maximum absolute atomic E-state index is 13.0. The zero-order chi connectivity index (χ0) is 21.5. The standard InChI is InChI=1S/C19H34N2O6S/c1-13(2)9-15(11-28-12-16(22)23)21(18(26)27-19(3,4)5)10-14-7-6-8-20(14)17(24)25/h13-15H,6-12H2,1-5H3,(H,22,23)(H,24,25)/t14-,15-/m0/s1. The fourth-order valence-corrected chi connectivity index (χ4v) is 4.19. The highest BCUT2D eigenvalue weighted by Crippen LogP contribution is 2.24. The van der Waals surface area contributed by atoms with Crippen LogP contribution in [0.25, 0.3) is 0 Å². The number of likely N-dealkylation sites (tertiary alicyclic amines) is 1. The van der Waals surface area contributed by atoms with Gasteiger partial charge in [0.05, 0.1) is 11.8 Å². The fourth-order valence-electron chi connectivity index (χ4n) is 3.31. The number of hydrogen-bond donors (Lipinski definition) is 2. The lowest BCUT2D eigenvalue weighted by molar-refractivity contribution is -0.133. The van der Waals surface area contributed by atoms with Gasteiger partial charge in [0, 0.05) is 24.9 Å². The first-order valence-corrected chi connectivity index (χ1v) is 10.8. The summed E-state index contributed by atoms with van der Waals surface area (Å²) in [6.45, 7) is 10.2. The molecule has 8 nitrogen and oxygen atoms in total. The van der Waals surface area contributed by atoms with Crippen molar-refractivity contribution in [2.45, 2.75) is 71.6 Å². The minimum atomic E-state index is -0.979. The van der Waals surface area contributed by atoms with Crippen LogP contribution in [0.5, 0.6) is 0 Å². The Morgan fingerprint density at radius 2 is 1.89 bits per heavy atom. The topological polar surface area (TPSA) is 107 Å². The van der Waals surface area contributed by atoms with Gasteiger partial charge in [-0.25, -0.2) is 9.59 Å². The lowest BCUT2D eigenvalue weighted by Crippen LogP contribution is -2.51. The van der Waals surface area contributed by atoms with Crippen molar-refractivity contribution < 1.29 is 29.3 Å². The Labute approximate surface area is 171 Å². The SMILES string of the molecule is CC(C)C[C@@H](CSCC(=O)O)N(C[C@@H]1CCCN1C(=O)O)C(=O)OC(C)(C)C. The molecule has 0 bridgehead atoms. The van der Waals surface area contributed by atoms with Gasteiger partial charge in [-0.2, -0.15) is 0 Å². The second-order valence-corrected chi connectivity index (χ2v) is 9.63. The van der Waals surface area contributed by atoms with Gasteiger partial charge in [0.15, 0.2) is 0 Å². The van der Waals surface area contributed by atoms with Gasteiger partial charge in [-0.1, -0.05) is 13.8 Å². The molecule has 2 N–H and O–H groups in total. The molecule has 1 fully saturated rings. The maximum atomic E-state index is 13.0. The third kappa shape index (κ3) is 8.58. The van der Waals surface area contributed by atoms with E-state index in [-0.39, 0.29) is 24.4 Å². The van der Waals surface area contributed by atoms with Gasteiger partial charge in [0.25, 0.3) is 0 Å². The van der Waals surface area contributed by atoms with E-state index in [1.807, 2.05) is 13.8 Å². The number of carboxylic acid groups (broad SMARTS) is 2. The van der Waals surface area contributed by atoms with Crippen LogP contribution in [0.15, 0.2) is 0 Å². The molecule has 0 unspecified atom stereocenters. The second kappa shape index (κ2) is 10.8. The van der Waals surface area contributed by atoms with Gasteiger partial charge in [0.2, 0.25) is 0 Å². The third-order valence-electron chi connectivity index (χ3n) is 4.38. The van der Waals surface area contributed by atoms with Crippen LogP contribution < -0.4 is 0 Å². The number of nitrogens with zero attached hydrogens (tertiary/aromatic N) is 2. The summed E-state index contributed by atoms with van der Waals surface area (Å²) >= 11 is 1.26. The van der Waals surface area contributed by atoms with Crippen LogP contribution in [0, 0.1) is 5.92 Å². The van der Waals surface area contributed by atoms with Crippen LogP contribution in [0.4, 0.5) is 9.59 Å². The van der Waals surface area contributed by atoms with Gasteiger partial charge in [0.1, 0.15) is 5.60 Å². The molecule has 0 radical (unpaired) electrons. The molecule has 1 heterocycles. The predicted octanol–water partition coefficient (Wildman–Crippen LogP) is 3.60. The molecular weight excluding hydrogens is 384 g/mol. The molecule has 2 atom stereocenters. The van der Waals surface area contributed by atoms with Crippen LogP contribution in [-0.2, 0) is 9.53 Å². The molecule has 1 saturated heterocycles. The van der Waals surface area contributed by atoms with E-state index >= 15 is 0 Å². The first kappa shape index (κ1) is 24.4. The summed E-state index contributed by atoms with van der Waals surface area (Å²) in [5.74, 6) is -0.185. The molecule has 0 aromatic heterocycles. The van der Waals surface area contributed by atoms with E-state index in [1.54, 1.807) is 25.7 Å². The number of amides is 2. The highest BCUT2D eigenvalue weighted by molar-refractivity contribution is 7.99. The minimum Gasteiger partial charge on any atom is -0.481 e. The average Bonchev–Trinajstić information content (AvgIpc) is 2.97. The van der Waals surface area contributed by atoms with Crippen LogP contribution in [0.1, 0.15) is 53.9 Å². The monoisotopic (exact) mass is 418 g/mol. The van der Waals surface area contributed by atoms with Crippen molar-refractivity contribution in [2.24, 2.45) is 5.92 Å². The fraction of sp³-hybridized carbons (Fsp3) is 0.842. The Kier molecular flexibility index (Phi) is 9.39. The molecule has 162 valence electrons. The summed E-state index contributed by atoms with van der Waals surface area (Å²) in [5, 5.41) is 18.4. The molecule has 28 heavy (non-hydrogen) atoms. The highest BCUT2D eigenvalue weighted by atomic mass is 32.2. The smallest absolute Gasteiger partial charge is 0.410 e. The number of thioether (sulfide) groups is 1. The van der Waals surface area contributed by atoms with Crippen molar-refractivity contribution in [3.05, 3.63) is 0 Å². The molecule has 1 rings (SSSR count). The van der Waals surface area contributed by atoms with Gasteiger partial charge in [-0.15, -0.1) is 11.8 Å². The third-order valence-corrected chi connectivity index (χ3v) is 5.45. The molecule has 0 spiro atoms. The van der Waals surface area contributed by atoms with Crippen molar-refractivity contribution >= 4 is 29.9 Å². The number of carbonyl (C=O) groups is 3. The molecule has 1 aliphatic heterocycles. The Morgan fingerprint density at radius 1 is 1.25 bits per heavy atom. The van der Waals surface area contributed by atoms with E-state index in [0.717, 1.165) is 6.42 Å². The van der Waals surface area contributed by atoms with Crippen molar-refractivity contribution in [1.29, 1.82) is 0 Å². The summed E-state index contributed by atoms with van der Waals surface area (Å²) in [4.78, 5) is 38.4. The largest absolute Gasteiger partial charge is 0.481 e. The molecule has 0 aromatic carbocycles. The van der Waals surface area contributed by atoms with Crippen molar-refractivity contribution in [3.8, 4) is 0 Å². The quantitative estimate of drug-likeness (QED) is 0.589. The molecule has 0 aromatic rings. The van der Waals surface area contributed by atoms with E-state index in [0.29, 0.717) is 31.1 Å². The summed E-state index contributed by atoms with van der Waals surface area (Å²) < 4.78 is 5.59. The average molecular weight is 419 g/mol. The molecule has 1 aliphatic rings. The van der Waals surface area contributed by atoms with Crippen LogP contribution in [-0.4, -0.2) is 80.4 Å². The van der Waals surface area contributed by atoms with E-state index in [9.17, 15) is 19.5 Å². The number of hydrogen-bond acceptors (Lipinski definition) is 5. The van der Waals surface area contributed by atoms with Crippen molar-refractivity contribution in [1.82, 2.24) is 9.80 Å². The number of carboxylic acids is 1. The van der Waals surface area contributed by atoms with Gasteiger partial charge in [-0.05, 0) is 46.0 Å². The summed E-state index contributed by atoms with van der Waals surface area (Å²) in [6, 6.07) is -0.500.